The molecule has 0 bridgehead atoms. The molecule has 0 aliphatic rings. The second-order valence-electron chi connectivity index (χ2n) is 12.7. The highest BCUT2D eigenvalue weighted by atomic mass is 32.1. The highest BCUT2D eigenvalue weighted by Gasteiger charge is 2.20. The van der Waals surface area contributed by atoms with Crippen LogP contribution in [0.4, 0.5) is 0 Å². The Hall–Kier alpha value is -6.31. The number of rotatable bonds is 2. The summed E-state index contributed by atoms with van der Waals surface area (Å²) in [6.45, 7) is 1.98. The van der Waals surface area contributed by atoms with Crippen LogP contribution in [0.25, 0.3) is 76.2 Å². The van der Waals surface area contributed by atoms with E-state index in [1.54, 1.807) is 36.4 Å². The van der Waals surface area contributed by atoms with Crippen molar-refractivity contribution >= 4 is 93.3 Å². The third kappa shape index (κ3) is 3.57. The van der Waals surface area contributed by atoms with Crippen molar-refractivity contribution in [2.45, 2.75) is 6.92 Å². The van der Waals surface area contributed by atoms with Crippen LogP contribution in [0.2, 0.25) is 0 Å². The van der Waals surface area contributed by atoms with Gasteiger partial charge >= 0.3 is 0 Å². The van der Waals surface area contributed by atoms with Crippen LogP contribution in [-0.2, 0) is 0 Å². The molecular formula is C42H22N2O4S. The first-order chi connectivity index (χ1) is 23.8. The normalized spacial score (nSPS) is 12.2. The molecule has 4 aromatic heterocycles. The van der Waals surface area contributed by atoms with E-state index in [1.807, 2.05) is 94.6 Å². The van der Waals surface area contributed by atoms with Gasteiger partial charge in [-0.1, -0.05) is 54.7 Å². The lowest BCUT2D eigenvalue weighted by Crippen LogP contribution is -2.15. The van der Waals surface area contributed by atoms with Gasteiger partial charge in [0.1, 0.15) is 0 Å². The number of aryl methyl sites for hydroxylation is 1. The molecule has 6 aromatic carbocycles. The van der Waals surface area contributed by atoms with Gasteiger partial charge in [-0.05, 0) is 96.4 Å². The van der Waals surface area contributed by atoms with E-state index in [9.17, 15) is 19.2 Å². The quantitative estimate of drug-likeness (QED) is 0.0838. The highest BCUT2D eigenvalue weighted by Crippen LogP contribution is 2.30. The number of para-hydroxylation sites is 3. The minimum absolute atomic E-state index is 0.0995. The van der Waals surface area contributed by atoms with E-state index in [0.29, 0.717) is 81.1 Å². The van der Waals surface area contributed by atoms with E-state index < -0.39 is 0 Å². The van der Waals surface area contributed by atoms with Gasteiger partial charge in [0.05, 0.1) is 38.0 Å². The van der Waals surface area contributed by atoms with Gasteiger partial charge < -0.3 is 8.80 Å². The molecule has 0 N–H and O–H groups in total. The molecule has 0 radical (unpaired) electrons. The molecule has 0 unspecified atom stereocenters. The minimum atomic E-state index is -0.179. The molecule has 0 saturated heterocycles. The average Bonchev–Trinajstić information content (AvgIpc) is 3.13. The molecule has 0 saturated carbocycles. The zero-order chi connectivity index (χ0) is 33.3. The minimum Gasteiger partial charge on any atom is -0.308 e. The summed E-state index contributed by atoms with van der Waals surface area (Å²) in [5.74, 6) is 0. The van der Waals surface area contributed by atoms with E-state index in [0.717, 1.165) is 16.6 Å². The number of hydrogen-bond donors (Lipinski definition) is 0. The van der Waals surface area contributed by atoms with Crippen molar-refractivity contribution in [3.05, 3.63) is 173 Å². The fourth-order valence-electron chi connectivity index (χ4n) is 7.78. The standard InChI is InChI=1S/C42H22N2O4S/c1-21-12-15-25-35(18-21)44-34-17-14-23(20-31(34)41(48)29-10-5-8-27(37(29)44)39(25)46)42(49)22-13-16-33-30(19-22)40(47)28-9-4-7-26-36(28)43(33)32-11-3-2-6-24(32)38(26)45/h2-20H,1H3. The molecule has 4 heterocycles. The number of pyridine rings is 4. The molecule has 0 amide bonds. The zero-order valence-electron chi connectivity index (χ0n) is 25.9. The summed E-state index contributed by atoms with van der Waals surface area (Å²) in [6, 6.07) is 34.9. The molecule has 0 atom stereocenters. The summed E-state index contributed by atoms with van der Waals surface area (Å²) in [5.41, 5.74) is 5.82. The maximum atomic E-state index is 14.1. The van der Waals surface area contributed by atoms with Gasteiger partial charge in [0.25, 0.3) is 0 Å². The van der Waals surface area contributed by atoms with Crippen LogP contribution in [0, 0.1) is 6.92 Å². The maximum Gasteiger partial charge on any atom is 0.197 e. The molecule has 0 aliphatic carbocycles. The van der Waals surface area contributed by atoms with Crippen LogP contribution >= 0.6 is 12.2 Å². The Kier molecular flexibility index (Phi) is 5.45. The van der Waals surface area contributed by atoms with Gasteiger partial charge in [-0.2, -0.15) is 0 Å². The van der Waals surface area contributed by atoms with Crippen molar-refractivity contribution in [1.29, 1.82) is 0 Å². The topological polar surface area (TPSA) is 77.1 Å². The van der Waals surface area contributed by atoms with Crippen LogP contribution in [0.1, 0.15) is 16.7 Å². The third-order valence-electron chi connectivity index (χ3n) is 10.0. The van der Waals surface area contributed by atoms with Crippen molar-refractivity contribution in [2.24, 2.45) is 0 Å². The van der Waals surface area contributed by atoms with Crippen LogP contribution in [0.3, 0.4) is 0 Å². The van der Waals surface area contributed by atoms with Crippen molar-refractivity contribution in [3.63, 3.8) is 0 Å². The Morgan fingerprint density at radius 1 is 0.429 bits per heavy atom. The smallest absolute Gasteiger partial charge is 0.197 e. The van der Waals surface area contributed by atoms with E-state index in [1.165, 1.54) is 0 Å². The first-order valence-corrected chi connectivity index (χ1v) is 16.3. The largest absolute Gasteiger partial charge is 0.308 e. The molecule has 7 heteroatoms. The van der Waals surface area contributed by atoms with Gasteiger partial charge in [0, 0.05) is 43.1 Å². The summed E-state index contributed by atoms with van der Waals surface area (Å²) < 4.78 is 4.01. The van der Waals surface area contributed by atoms with Crippen LogP contribution in [-0.4, -0.2) is 13.7 Å². The number of nitrogens with zero attached hydrogens (tertiary/aromatic N) is 2. The van der Waals surface area contributed by atoms with Gasteiger partial charge in [-0.25, -0.2) is 0 Å². The molecule has 230 valence electrons. The molecule has 0 fully saturated rings. The Balaban J connectivity index is 1.23. The van der Waals surface area contributed by atoms with Gasteiger partial charge in [-0.15, -0.1) is 0 Å². The highest BCUT2D eigenvalue weighted by molar-refractivity contribution is 7.81. The van der Waals surface area contributed by atoms with Crippen molar-refractivity contribution in [1.82, 2.24) is 8.80 Å². The van der Waals surface area contributed by atoms with Crippen LogP contribution in [0.5, 0.6) is 0 Å². The Bertz CT molecular complexity index is 3400. The van der Waals surface area contributed by atoms with E-state index in [4.69, 9.17) is 12.2 Å². The Labute approximate surface area is 281 Å². The Morgan fingerprint density at radius 2 is 0.857 bits per heavy atom. The van der Waals surface area contributed by atoms with Crippen molar-refractivity contribution in [3.8, 4) is 0 Å². The van der Waals surface area contributed by atoms with E-state index in [2.05, 4.69) is 0 Å². The number of fused-ring (bicyclic) bond motifs is 8. The predicted octanol–water partition coefficient (Wildman–Crippen LogP) is 7.50. The number of aromatic nitrogens is 2. The second kappa shape index (κ2) is 9.62. The molecular weight excluding hydrogens is 629 g/mol. The van der Waals surface area contributed by atoms with Gasteiger partial charge in [0.2, 0.25) is 0 Å². The summed E-state index contributed by atoms with van der Waals surface area (Å²) in [6.07, 6.45) is 0. The summed E-state index contributed by atoms with van der Waals surface area (Å²) in [7, 11) is 0. The van der Waals surface area contributed by atoms with Crippen molar-refractivity contribution in [2.75, 3.05) is 0 Å². The van der Waals surface area contributed by atoms with E-state index >= 15 is 0 Å². The van der Waals surface area contributed by atoms with Crippen LogP contribution in [0.15, 0.2) is 134 Å². The monoisotopic (exact) mass is 650 g/mol. The first-order valence-electron chi connectivity index (χ1n) is 15.9. The van der Waals surface area contributed by atoms with Gasteiger partial charge in [0.15, 0.2) is 21.7 Å². The second-order valence-corrected chi connectivity index (χ2v) is 13.1. The number of thiocarbonyl (C=S) groups is 1. The molecule has 0 spiro atoms. The van der Waals surface area contributed by atoms with Crippen LogP contribution < -0.4 is 21.7 Å². The average molecular weight is 651 g/mol. The summed E-state index contributed by atoms with van der Waals surface area (Å²) in [4.78, 5) is 55.5. The molecule has 10 rings (SSSR count). The third-order valence-corrected chi connectivity index (χ3v) is 10.5. The van der Waals surface area contributed by atoms with Gasteiger partial charge in [-0.3, -0.25) is 19.2 Å². The van der Waals surface area contributed by atoms with Crippen molar-refractivity contribution < 1.29 is 0 Å². The molecule has 49 heavy (non-hydrogen) atoms. The summed E-state index contributed by atoms with van der Waals surface area (Å²) >= 11 is 6.04. The first kappa shape index (κ1) is 27.8. The fraction of sp³-hybridized carbons (Fsp3) is 0.0238. The lowest BCUT2D eigenvalue weighted by atomic mass is 9.97. The lowest BCUT2D eigenvalue weighted by molar-refractivity contribution is 1.30. The fourth-order valence-corrected chi connectivity index (χ4v) is 8.03. The Morgan fingerprint density at radius 3 is 1.41 bits per heavy atom. The number of benzene rings is 6. The number of hydrogen-bond acceptors (Lipinski definition) is 5. The molecule has 6 nitrogen and oxygen atoms in total. The molecule has 0 aliphatic heterocycles. The predicted molar refractivity (Wildman–Crippen MR) is 203 cm³/mol. The summed E-state index contributed by atoms with van der Waals surface area (Å²) in [5, 5.41) is 4.05. The zero-order valence-corrected chi connectivity index (χ0v) is 26.7. The van der Waals surface area contributed by atoms with E-state index in [-0.39, 0.29) is 21.7 Å². The maximum absolute atomic E-state index is 14.1. The SMILES string of the molecule is Cc1ccc2c(=O)c3cccc4c(=O)c5cc(C(=S)c6ccc7c(c6)c(=O)c6cccc8c(=O)c9ccccc9n7c86)ccc5n(c2c1)c43. The molecule has 10 aromatic rings. The lowest BCUT2D eigenvalue weighted by Gasteiger charge is -2.16.